The number of hydrogen-bond donors (Lipinski definition) is 2. The van der Waals surface area contributed by atoms with Crippen molar-refractivity contribution in [3.8, 4) is 0 Å². The Bertz CT molecular complexity index is 1320. The van der Waals surface area contributed by atoms with Gasteiger partial charge in [0.2, 0.25) is 0 Å². The molecular weight excluding hydrogens is 519 g/mol. The zero-order valence-corrected chi connectivity index (χ0v) is 21.0. The molecule has 1 aromatic heterocycles. The highest BCUT2D eigenvalue weighted by Gasteiger charge is 2.41. The second-order valence-electron chi connectivity index (χ2n) is 8.25. The van der Waals surface area contributed by atoms with Gasteiger partial charge in [-0.2, -0.15) is 12.7 Å². The third-order valence-corrected chi connectivity index (χ3v) is 8.86. The van der Waals surface area contributed by atoms with Crippen LogP contribution in [0.3, 0.4) is 0 Å². The summed E-state index contributed by atoms with van der Waals surface area (Å²) in [6.45, 7) is 1.94. The maximum Gasteiger partial charge on any atom is 0.338 e. The minimum Gasteiger partial charge on any atom is -0.466 e. The summed E-state index contributed by atoms with van der Waals surface area (Å²) in [5.41, 5.74) is 1.25. The zero-order chi connectivity index (χ0) is 24.7. The molecule has 5 rings (SSSR count). The number of amidine groups is 1. The van der Waals surface area contributed by atoms with E-state index in [0.717, 1.165) is 0 Å². The highest BCUT2D eigenvalue weighted by atomic mass is 35.5. The van der Waals surface area contributed by atoms with E-state index in [9.17, 15) is 17.6 Å². The van der Waals surface area contributed by atoms with E-state index in [1.807, 2.05) is 5.38 Å². The summed E-state index contributed by atoms with van der Waals surface area (Å²) in [4.78, 5) is 24.1. The summed E-state index contributed by atoms with van der Waals surface area (Å²) in [7, 11) is -2.16. The molecule has 4 heterocycles. The first-order chi connectivity index (χ1) is 16.8. The second-order valence-corrected chi connectivity index (χ2v) is 11.3. The van der Waals surface area contributed by atoms with Crippen molar-refractivity contribution in [2.24, 2.45) is 4.99 Å². The molecule has 2 atom stereocenters. The fourth-order valence-electron chi connectivity index (χ4n) is 4.51. The van der Waals surface area contributed by atoms with Crippen LogP contribution in [-0.4, -0.2) is 80.3 Å². The first-order valence-corrected chi connectivity index (χ1v) is 13.5. The van der Waals surface area contributed by atoms with Crippen molar-refractivity contribution in [1.29, 1.82) is 0 Å². The second kappa shape index (κ2) is 9.56. The number of nitrogens with one attached hydrogen (secondary N) is 2. The molecule has 35 heavy (non-hydrogen) atoms. The van der Waals surface area contributed by atoms with Gasteiger partial charge in [0.25, 0.3) is 10.2 Å². The molecule has 2 N–H and O–H groups in total. The minimum absolute atomic E-state index is 0.135. The fraction of sp³-hybridized carbons (Fsp3) is 0.381. The predicted molar refractivity (Wildman–Crippen MR) is 129 cm³/mol. The van der Waals surface area contributed by atoms with Crippen molar-refractivity contribution >= 4 is 45.0 Å². The first-order valence-electron chi connectivity index (χ1n) is 10.8. The number of aliphatic imine (C=N–C) groups is 1. The van der Waals surface area contributed by atoms with E-state index in [1.54, 1.807) is 6.20 Å². The number of carbonyl (C=O) groups excluding carboxylic acids is 1. The molecule has 0 saturated carbocycles. The van der Waals surface area contributed by atoms with E-state index in [4.69, 9.17) is 21.3 Å². The number of thiazole rings is 1. The van der Waals surface area contributed by atoms with Gasteiger partial charge in [0, 0.05) is 60.6 Å². The molecule has 0 bridgehead atoms. The highest BCUT2D eigenvalue weighted by Crippen LogP contribution is 2.37. The standard InChI is InChI=1S/C21H22ClFN6O4S2/c1-33-21(30)17-16(11-28-5-6-29-13(10-28)9-25-35(29,31)32)26-19(20-24-4-7-34-20)27-18(17)14-3-2-12(23)8-15(14)22/h2-4,7-8,13,18,25H,5-6,9-11H2,1H3,(H,26,27)/t13?,18-/m0/s1. The van der Waals surface area contributed by atoms with Gasteiger partial charge in [0.05, 0.1) is 18.7 Å². The van der Waals surface area contributed by atoms with Crippen LogP contribution in [0.25, 0.3) is 0 Å². The van der Waals surface area contributed by atoms with Crippen LogP contribution < -0.4 is 10.0 Å². The van der Waals surface area contributed by atoms with E-state index in [2.05, 4.69) is 19.9 Å². The van der Waals surface area contributed by atoms with Gasteiger partial charge in [0.1, 0.15) is 11.9 Å². The summed E-state index contributed by atoms with van der Waals surface area (Å²) in [6, 6.07) is 2.90. The Balaban J connectivity index is 1.53. The van der Waals surface area contributed by atoms with Crippen molar-refractivity contribution in [2.75, 3.05) is 39.8 Å². The number of esters is 1. The summed E-state index contributed by atoms with van der Waals surface area (Å²) in [6.07, 6.45) is 1.65. The van der Waals surface area contributed by atoms with Gasteiger partial charge in [-0.05, 0) is 12.1 Å². The van der Waals surface area contributed by atoms with Crippen LogP contribution in [0.5, 0.6) is 0 Å². The fourth-order valence-corrected chi connectivity index (χ4v) is 6.79. The number of hydrogen-bond acceptors (Lipinski definition) is 9. The molecule has 0 spiro atoms. The average molecular weight is 541 g/mol. The summed E-state index contributed by atoms with van der Waals surface area (Å²) >= 11 is 7.76. The van der Waals surface area contributed by atoms with Gasteiger partial charge in [-0.25, -0.2) is 18.9 Å². The van der Waals surface area contributed by atoms with Crippen molar-refractivity contribution < 1.29 is 22.3 Å². The molecule has 186 valence electrons. The molecule has 14 heteroatoms. The van der Waals surface area contributed by atoms with Crippen molar-refractivity contribution in [3.05, 3.63) is 62.5 Å². The van der Waals surface area contributed by atoms with E-state index in [0.29, 0.717) is 54.8 Å². The maximum absolute atomic E-state index is 13.8. The van der Waals surface area contributed by atoms with E-state index >= 15 is 0 Å². The zero-order valence-electron chi connectivity index (χ0n) is 18.6. The van der Waals surface area contributed by atoms with Crippen molar-refractivity contribution in [1.82, 2.24) is 24.2 Å². The van der Waals surface area contributed by atoms with Crippen molar-refractivity contribution in [3.63, 3.8) is 0 Å². The molecule has 2 aromatic rings. The Kier molecular flexibility index (Phi) is 6.63. The number of piperazine rings is 1. The number of halogens is 2. The Morgan fingerprint density at radius 1 is 1.37 bits per heavy atom. The van der Waals surface area contributed by atoms with E-state index < -0.39 is 28.0 Å². The quantitative estimate of drug-likeness (QED) is 0.549. The molecular formula is C21H22ClFN6O4S2. The van der Waals surface area contributed by atoms with Crippen LogP contribution in [0.15, 0.2) is 46.0 Å². The molecule has 0 amide bonds. The van der Waals surface area contributed by atoms with Crippen LogP contribution in [0.2, 0.25) is 5.02 Å². The lowest BCUT2D eigenvalue weighted by Crippen LogP contribution is -2.53. The molecule has 3 aliphatic rings. The number of methoxy groups -OCH3 is 1. The molecule has 3 aliphatic heterocycles. The molecule has 2 fully saturated rings. The number of ether oxygens (including phenoxy) is 1. The Labute approximate surface area is 210 Å². The predicted octanol–water partition coefficient (Wildman–Crippen LogP) is 1.29. The summed E-state index contributed by atoms with van der Waals surface area (Å²) < 4.78 is 47.2. The SMILES string of the molecule is COC(=O)C1=C(CN2CCN3C(CNS3(=O)=O)C2)NC(c2nccs2)=N[C@H]1c1ccc(F)cc1Cl. The van der Waals surface area contributed by atoms with E-state index in [-0.39, 0.29) is 16.6 Å². The van der Waals surface area contributed by atoms with Gasteiger partial charge >= 0.3 is 5.97 Å². The lowest BCUT2D eigenvalue weighted by atomic mass is 9.95. The normalized spacial score (nSPS) is 24.6. The third-order valence-electron chi connectivity index (χ3n) is 6.13. The Hall–Kier alpha value is -2.42. The molecule has 0 radical (unpaired) electrons. The highest BCUT2D eigenvalue weighted by molar-refractivity contribution is 7.87. The van der Waals surface area contributed by atoms with Crippen molar-refractivity contribution in [2.45, 2.75) is 12.1 Å². The Morgan fingerprint density at radius 2 is 2.20 bits per heavy atom. The monoisotopic (exact) mass is 540 g/mol. The van der Waals surface area contributed by atoms with Crippen LogP contribution in [0.1, 0.15) is 16.6 Å². The average Bonchev–Trinajstić information content (AvgIpc) is 3.46. The lowest BCUT2D eigenvalue weighted by Gasteiger charge is -2.37. The molecule has 1 unspecified atom stereocenters. The Morgan fingerprint density at radius 3 is 2.91 bits per heavy atom. The van der Waals surface area contributed by atoms with Crippen LogP contribution in [-0.2, 0) is 19.7 Å². The van der Waals surface area contributed by atoms with Gasteiger partial charge in [0.15, 0.2) is 10.8 Å². The first kappa shape index (κ1) is 24.3. The van der Waals surface area contributed by atoms with Gasteiger partial charge in [-0.3, -0.25) is 9.89 Å². The third kappa shape index (κ3) is 4.71. The maximum atomic E-state index is 13.8. The van der Waals surface area contributed by atoms with Crippen LogP contribution >= 0.6 is 22.9 Å². The largest absolute Gasteiger partial charge is 0.466 e. The topological polar surface area (TPSA) is 116 Å². The summed E-state index contributed by atoms with van der Waals surface area (Å²) in [5, 5.41) is 5.81. The molecule has 2 saturated heterocycles. The van der Waals surface area contributed by atoms with Crippen LogP contribution in [0, 0.1) is 5.82 Å². The number of rotatable bonds is 5. The van der Waals surface area contributed by atoms with Crippen LogP contribution in [0.4, 0.5) is 4.39 Å². The molecule has 0 aliphatic carbocycles. The number of benzene rings is 1. The number of fused-ring (bicyclic) bond motifs is 1. The van der Waals surface area contributed by atoms with E-state index in [1.165, 1.54) is 41.0 Å². The molecule has 10 nitrogen and oxygen atoms in total. The number of carbonyl (C=O) groups is 1. The minimum atomic E-state index is -3.44. The smallest absolute Gasteiger partial charge is 0.338 e. The van der Waals surface area contributed by atoms with Gasteiger partial charge < -0.3 is 10.1 Å². The number of aromatic nitrogens is 1. The summed E-state index contributed by atoms with van der Waals surface area (Å²) in [5.74, 6) is -0.640. The number of nitrogens with zero attached hydrogens (tertiary/aromatic N) is 4. The van der Waals surface area contributed by atoms with Gasteiger partial charge in [-0.1, -0.05) is 17.7 Å². The lowest BCUT2D eigenvalue weighted by molar-refractivity contribution is -0.136. The van der Waals surface area contributed by atoms with Gasteiger partial charge in [-0.15, -0.1) is 11.3 Å². The molecule has 1 aromatic carbocycles.